The zero-order valence-electron chi connectivity index (χ0n) is 10.5. The molecule has 2 aromatic carbocycles. The van der Waals surface area contributed by atoms with E-state index in [9.17, 15) is 18.5 Å². The van der Waals surface area contributed by atoms with Gasteiger partial charge in [-0.25, -0.2) is 8.42 Å². The highest BCUT2D eigenvalue weighted by Crippen LogP contribution is 2.31. The number of para-hydroxylation sites is 2. The fourth-order valence-electron chi connectivity index (χ4n) is 1.59. The summed E-state index contributed by atoms with van der Waals surface area (Å²) in [5, 5.41) is 10.9. The monoisotopic (exact) mass is 293 g/mol. The van der Waals surface area contributed by atoms with Gasteiger partial charge in [0.25, 0.3) is 0 Å². The molecule has 0 spiro atoms. The van der Waals surface area contributed by atoms with Gasteiger partial charge < -0.3 is 4.74 Å². The highest BCUT2D eigenvalue weighted by Gasteiger charge is 2.15. The predicted octanol–water partition coefficient (Wildman–Crippen LogP) is 2.79. The van der Waals surface area contributed by atoms with Crippen LogP contribution in [0.4, 0.5) is 5.69 Å². The molecule has 0 aromatic heterocycles. The Balaban J connectivity index is 2.39. The van der Waals surface area contributed by atoms with E-state index in [0.29, 0.717) is 0 Å². The van der Waals surface area contributed by atoms with E-state index >= 15 is 0 Å². The summed E-state index contributed by atoms with van der Waals surface area (Å²) >= 11 is 0. The Morgan fingerprint density at radius 3 is 2.45 bits per heavy atom. The third-order valence-electron chi connectivity index (χ3n) is 2.52. The zero-order valence-corrected chi connectivity index (χ0v) is 11.3. The zero-order chi connectivity index (χ0) is 14.8. The standard InChI is InChI=1S/C13H11NO5S/c1-20(17,18)11-6-4-5-10(9-11)19-13-8-3-2-7-12(13)14(15)16/h2-9H,1H3. The quantitative estimate of drug-likeness (QED) is 0.639. The maximum atomic E-state index is 11.4. The minimum Gasteiger partial charge on any atom is -0.450 e. The van der Waals surface area contributed by atoms with Gasteiger partial charge in [0.1, 0.15) is 5.75 Å². The molecule has 2 aromatic rings. The number of sulfone groups is 1. The summed E-state index contributed by atoms with van der Waals surface area (Å²) in [7, 11) is -3.36. The number of nitro benzene ring substituents is 1. The molecule has 0 N–H and O–H groups in total. The highest BCUT2D eigenvalue weighted by molar-refractivity contribution is 7.90. The lowest BCUT2D eigenvalue weighted by molar-refractivity contribution is -0.385. The minimum atomic E-state index is -3.36. The molecule has 0 aliphatic heterocycles. The average Bonchev–Trinajstić information content (AvgIpc) is 2.38. The van der Waals surface area contributed by atoms with Crippen LogP contribution >= 0.6 is 0 Å². The van der Waals surface area contributed by atoms with E-state index in [0.717, 1.165) is 6.26 Å². The topological polar surface area (TPSA) is 86.5 Å². The molecule has 0 fully saturated rings. The first-order valence-electron chi connectivity index (χ1n) is 5.59. The Morgan fingerprint density at radius 1 is 1.10 bits per heavy atom. The van der Waals surface area contributed by atoms with Gasteiger partial charge in [-0.15, -0.1) is 0 Å². The molecule has 0 saturated carbocycles. The van der Waals surface area contributed by atoms with Crippen LogP contribution in [0.25, 0.3) is 0 Å². The van der Waals surface area contributed by atoms with Crippen molar-refractivity contribution in [3.05, 3.63) is 58.6 Å². The van der Waals surface area contributed by atoms with Crippen LogP contribution in [0.5, 0.6) is 11.5 Å². The van der Waals surface area contributed by atoms with Crippen molar-refractivity contribution in [1.29, 1.82) is 0 Å². The van der Waals surface area contributed by atoms with E-state index in [2.05, 4.69) is 0 Å². The second-order valence-corrected chi connectivity index (χ2v) is 6.09. The third-order valence-corrected chi connectivity index (χ3v) is 3.63. The van der Waals surface area contributed by atoms with E-state index in [-0.39, 0.29) is 22.1 Å². The van der Waals surface area contributed by atoms with Crippen LogP contribution in [0.2, 0.25) is 0 Å². The van der Waals surface area contributed by atoms with Crippen molar-refractivity contribution in [3.8, 4) is 11.5 Å². The Hall–Kier alpha value is -2.41. The third kappa shape index (κ3) is 3.12. The van der Waals surface area contributed by atoms with Crippen LogP contribution in [0.15, 0.2) is 53.4 Å². The Kier molecular flexibility index (Phi) is 3.71. The van der Waals surface area contributed by atoms with Gasteiger partial charge in [0, 0.05) is 12.3 Å². The minimum absolute atomic E-state index is 0.0585. The maximum Gasteiger partial charge on any atom is 0.311 e. The molecule has 0 unspecified atom stereocenters. The van der Waals surface area contributed by atoms with Crippen LogP contribution in [0.3, 0.4) is 0 Å². The molecule has 6 nitrogen and oxygen atoms in total. The lowest BCUT2D eigenvalue weighted by atomic mass is 10.3. The molecule has 0 atom stereocenters. The molecular formula is C13H11NO5S. The fraction of sp³-hybridized carbons (Fsp3) is 0.0769. The number of benzene rings is 2. The molecule has 20 heavy (non-hydrogen) atoms. The lowest BCUT2D eigenvalue weighted by Gasteiger charge is -2.07. The van der Waals surface area contributed by atoms with Crippen molar-refractivity contribution in [1.82, 2.24) is 0 Å². The fourth-order valence-corrected chi connectivity index (χ4v) is 2.25. The predicted molar refractivity (Wildman–Crippen MR) is 72.7 cm³/mol. The lowest BCUT2D eigenvalue weighted by Crippen LogP contribution is -1.97. The van der Waals surface area contributed by atoms with Gasteiger partial charge in [0.2, 0.25) is 5.75 Å². The van der Waals surface area contributed by atoms with Crippen LogP contribution in [-0.4, -0.2) is 19.6 Å². The number of hydrogen-bond donors (Lipinski definition) is 0. The van der Waals surface area contributed by atoms with Gasteiger partial charge in [-0.1, -0.05) is 18.2 Å². The van der Waals surface area contributed by atoms with E-state index in [1.54, 1.807) is 6.07 Å². The molecular weight excluding hydrogens is 282 g/mol. The number of hydrogen-bond acceptors (Lipinski definition) is 5. The van der Waals surface area contributed by atoms with Crippen molar-refractivity contribution in [3.63, 3.8) is 0 Å². The largest absolute Gasteiger partial charge is 0.450 e. The van der Waals surface area contributed by atoms with Crippen molar-refractivity contribution in [2.75, 3.05) is 6.26 Å². The van der Waals surface area contributed by atoms with Crippen LogP contribution in [0.1, 0.15) is 0 Å². The summed E-state index contributed by atoms with van der Waals surface area (Å²) in [6.45, 7) is 0. The van der Waals surface area contributed by atoms with Crippen molar-refractivity contribution >= 4 is 15.5 Å². The maximum absolute atomic E-state index is 11.4. The average molecular weight is 293 g/mol. The summed E-state index contributed by atoms with van der Waals surface area (Å²) in [4.78, 5) is 10.4. The molecule has 0 heterocycles. The smallest absolute Gasteiger partial charge is 0.311 e. The molecule has 7 heteroatoms. The molecule has 0 amide bonds. The molecule has 2 rings (SSSR count). The second-order valence-electron chi connectivity index (χ2n) is 4.07. The summed E-state index contributed by atoms with van der Waals surface area (Å²) < 4.78 is 28.3. The van der Waals surface area contributed by atoms with Crippen molar-refractivity contribution < 1.29 is 18.1 Å². The first-order valence-corrected chi connectivity index (χ1v) is 7.48. The van der Waals surface area contributed by atoms with Crippen LogP contribution in [0, 0.1) is 10.1 Å². The number of ether oxygens (including phenoxy) is 1. The van der Waals surface area contributed by atoms with E-state index in [1.165, 1.54) is 42.5 Å². The van der Waals surface area contributed by atoms with Crippen molar-refractivity contribution in [2.45, 2.75) is 4.90 Å². The molecule has 0 radical (unpaired) electrons. The van der Waals surface area contributed by atoms with Crippen molar-refractivity contribution in [2.24, 2.45) is 0 Å². The van der Waals surface area contributed by atoms with Gasteiger partial charge in [0.15, 0.2) is 9.84 Å². The van der Waals surface area contributed by atoms with Crippen LogP contribution in [-0.2, 0) is 9.84 Å². The Labute approximate surface area is 115 Å². The summed E-state index contributed by atoms with van der Waals surface area (Å²) in [6.07, 6.45) is 1.08. The SMILES string of the molecule is CS(=O)(=O)c1cccc(Oc2ccccc2[N+](=O)[O-])c1. The van der Waals surface area contributed by atoms with Gasteiger partial charge in [-0.05, 0) is 24.3 Å². The first-order chi connectivity index (χ1) is 9.38. The summed E-state index contributed by atoms with van der Waals surface area (Å²) in [6, 6.07) is 11.7. The van der Waals surface area contributed by atoms with Gasteiger partial charge in [-0.3, -0.25) is 10.1 Å². The number of rotatable bonds is 4. The van der Waals surface area contributed by atoms with Gasteiger partial charge in [-0.2, -0.15) is 0 Å². The van der Waals surface area contributed by atoms with Crippen LogP contribution < -0.4 is 4.74 Å². The summed E-state index contributed by atoms with van der Waals surface area (Å²) in [5.74, 6) is 0.283. The van der Waals surface area contributed by atoms with E-state index in [4.69, 9.17) is 4.74 Å². The molecule has 104 valence electrons. The highest BCUT2D eigenvalue weighted by atomic mass is 32.2. The van der Waals surface area contributed by atoms with Gasteiger partial charge >= 0.3 is 5.69 Å². The first kappa shape index (κ1) is 14.0. The normalized spacial score (nSPS) is 11.1. The summed E-state index contributed by atoms with van der Waals surface area (Å²) in [5.41, 5.74) is -0.183. The van der Waals surface area contributed by atoms with E-state index < -0.39 is 14.8 Å². The molecule has 0 saturated heterocycles. The molecule has 0 aliphatic rings. The van der Waals surface area contributed by atoms with Gasteiger partial charge in [0.05, 0.1) is 9.82 Å². The van der Waals surface area contributed by atoms with E-state index in [1.807, 2.05) is 0 Å². The Morgan fingerprint density at radius 2 is 1.80 bits per heavy atom. The number of nitrogens with zero attached hydrogens (tertiary/aromatic N) is 1. The number of nitro groups is 1. The molecule has 0 bridgehead atoms. The Bertz CT molecular complexity index is 755. The molecule has 0 aliphatic carbocycles. The second kappa shape index (κ2) is 5.30.